The first-order valence-electron chi connectivity index (χ1n) is 7.76. The maximum Gasteiger partial charge on any atom is 0.146 e. The molecular weight excluding hydrogens is 344 g/mol. The first-order chi connectivity index (χ1) is 12.0. The molecule has 1 saturated heterocycles. The molecule has 3 aromatic rings. The summed E-state index contributed by atoms with van der Waals surface area (Å²) in [4.78, 5) is 21.7. The smallest absolute Gasteiger partial charge is 0.146 e. The van der Waals surface area contributed by atoms with Gasteiger partial charge >= 0.3 is 0 Å². The zero-order valence-electron chi connectivity index (χ0n) is 13.1. The standard InChI is InChI=1S/C17H15ClN4O3/c18-13-4-2-1-3-11(13)12-7-22(8-14(24)25)17-15(12)16(19-9-20-17)21-5-10(23)6-21/h1-4,7,9-10,23H,5-6,8H2,(H,24,25)/p-1. The third kappa shape index (κ3) is 2.71. The van der Waals surface area contributed by atoms with Gasteiger partial charge in [0.25, 0.3) is 0 Å². The van der Waals surface area contributed by atoms with E-state index in [0.717, 1.165) is 11.1 Å². The number of carbonyl (C=O) groups is 1. The van der Waals surface area contributed by atoms with Gasteiger partial charge in [-0.1, -0.05) is 29.8 Å². The maximum absolute atomic E-state index is 11.1. The molecule has 1 aromatic carbocycles. The highest BCUT2D eigenvalue weighted by molar-refractivity contribution is 6.33. The highest BCUT2D eigenvalue weighted by Gasteiger charge is 2.29. The molecule has 1 aliphatic rings. The average molecular weight is 358 g/mol. The number of rotatable bonds is 4. The number of aromatic nitrogens is 3. The quantitative estimate of drug-likeness (QED) is 0.738. The minimum Gasteiger partial charge on any atom is -0.548 e. The lowest BCUT2D eigenvalue weighted by Gasteiger charge is -2.37. The van der Waals surface area contributed by atoms with E-state index in [1.165, 1.54) is 10.9 Å². The normalized spacial score (nSPS) is 14.7. The van der Waals surface area contributed by atoms with Crippen LogP contribution in [0.5, 0.6) is 0 Å². The van der Waals surface area contributed by atoms with Gasteiger partial charge in [0, 0.05) is 35.4 Å². The Balaban J connectivity index is 1.97. The van der Waals surface area contributed by atoms with Crippen LogP contribution in [0.25, 0.3) is 22.2 Å². The summed E-state index contributed by atoms with van der Waals surface area (Å²) in [6, 6.07) is 7.33. The van der Waals surface area contributed by atoms with Crippen molar-refractivity contribution in [2.24, 2.45) is 0 Å². The first kappa shape index (κ1) is 15.9. The van der Waals surface area contributed by atoms with Crippen molar-refractivity contribution in [3.8, 4) is 11.1 Å². The number of carbonyl (C=O) groups excluding carboxylic acids is 1. The van der Waals surface area contributed by atoms with Gasteiger partial charge in [-0.3, -0.25) is 0 Å². The zero-order chi connectivity index (χ0) is 17.6. The van der Waals surface area contributed by atoms with Crippen molar-refractivity contribution in [3.05, 3.63) is 41.8 Å². The minimum atomic E-state index is -1.21. The van der Waals surface area contributed by atoms with E-state index in [-0.39, 0.29) is 12.6 Å². The Labute approximate surface area is 148 Å². The lowest BCUT2D eigenvalue weighted by molar-refractivity contribution is -0.306. The van der Waals surface area contributed by atoms with Crippen LogP contribution in [0.4, 0.5) is 5.82 Å². The summed E-state index contributed by atoms with van der Waals surface area (Å²) in [5.41, 5.74) is 2.01. The first-order valence-corrected chi connectivity index (χ1v) is 8.14. The molecule has 0 saturated carbocycles. The molecule has 128 valence electrons. The molecule has 0 bridgehead atoms. The number of halogens is 1. The Morgan fingerprint density at radius 1 is 1.28 bits per heavy atom. The molecule has 8 heteroatoms. The second-order valence-corrected chi connectivity index (χ2v) is 6.38. The number of fused-ring (bicyclic) bond motifs is 1. The lowest BCUT2D eigenvalue weighted by Crippen LogP contribution is -2.51. The number of hydrogen-bond acceptors (Lipinski definition) is 6. The van der Waals surface area contributed by atoms with Crippen molar-refractivity contribution >= 4 is 34.4 Å². The van der Waals surface area contributed by atoms with E-state index in [9.17, 15) is 15.0 Å². The second-order valence-electron chi connectivity index (χ2n) is 5.98. The van der Waals surface area contributed by atoms with E-state index in [4.69, 9.17) is 11.6 Å². The topological polar surface area (TPSA) is 94.3 Å². The molecule has 1 fully saturated rings. The van der Waals surface area contributed by atoms with Crippen LogP contribution in [0.1, 0.15) is 0 Å². The number of anilines is 1. The molecule has 4 rings (SSSR count). The van der Waals surface area contributed by atoms with Crippen molar-refractivity contribution < 1.29 is 15.0 Å². The summed E-state index contributed by atoms with van der Waals surface area (Å²) < 4.78 is 1.52. The number of aliphatic hydroxyl groups excluding tert-OH is 1. The highest BCUT2D eigenvalue weighted by Crippen LogP contribution is 2.39. The number of nitrogens with zero attached hydrogens (tertiary/aromatic N) is 4. The fraction of sp³-hybridized carbons (Fsp3) is 0.235. The van der Waals surface area contributed by atoms with Gasteiger partial charge in [0.05, 0.1) is 24.0 Å². The largest absolute Gasteiger partial charge is 0.548 e. The van der Waals surface area contributed by atoms with E-state index in [1.54, 1.807) is 12.3 Å². The van der Waals surface area contributed by atoms with Gasteiger partial charge in [0.15, 0.2) is 0 Å². The van der Waals surface area contributed by atoms with Gasteiger partial charge in [-0.15, -0.1) is 0 Å². The molecular formula is C17H14ClN4O3-. The minimum absolute atomic E-state index is 0.319. The number of carboxylic acids is 1. The lowest BCUT2D eigenvalue weighted by atomic mass is 10.0. The van der Waals surface area contributed by atoms with E-state index in [2.05, 4.69) is 9.97 Å². The number of benzene rings is 1. The van der Waals surface area contributed by atoms with Gasteiger partial charge in [-0.2, -0.15) is 0 Å². The predicted molar refractivity (Wildman–Crippen MR) is 91.2 cm³/mol. The number of β-amino-alcohol motifs (C(OH)–C–C–N with tert-alkyl or cyclic N) is 1. The zero-order valence-corrected chi connectivity index (χ0v) is 13.8. The number of hydrogen-bond donors (Lipinski definition) is 1. The van der Waals surface area contributed by atoms with Crippen molar-refractivity contribution in [1.82, 2.24) is 14.5 Å². The molecule has 0 atom stereocenters. The third-order valence-electron chi connectivity index (χ3n) is 4.26. The Kier molecular flexibility index (Phi) is 3.82. The Hall–Kier alpha value is -2.64. The molecule has 0 spiro atoms. The van der Waals surface area contributed by atoms with Crippen LogP contribution in [0.15, 0.2) is 36.8 Å². The Bertz CT molecular complexity index is 966. The van der Waals surface area contributed by atoms with Crippen LogP contribution in [0.3, 0.4) is 0 Å². The molecule has 3 heterocycles. The molecule has 1 N–H and O–H groups in total. The summed E-state index contributed by atoms with van der Waals surface area (Å²) >= 11 is 6.34. The van der Waals surface area contributed by atoms with Crippen LogP contribution in [-0.4, -0.2) is 44.8 Å². The van der Waals surface area contributed by atoms with Gasteiger partial charge in [0.2, 0.25) is 0 Å². The third-order valence-corrected chi connectivity index (χ3v) is 4.59. The van der Waals surface area contributed by atoms with Crippen LogP contribution in [0.2, 0.25) is 5.02 Å². The summed E-state index contributed by atoms with van der Waals surface area (Å²) in [5, 5.41) is 22.0. The Morgan fingerprint density at radius 3 is 2.72 bits per heavy atom. The van der Waals surface area contributed by atoms with Gasteiger partial charge in [0.1, 0.15) is 17.8 Å². The van der Waals surface area contributed by atoms with E-state index >= 15 is 0 Å². The molecule has 2 aromatic heterocycles. The number of aliphatic carboxylic acids is 1. The highest BCUT2D eigenvalue weighted by atomic mass is 35.5. The molecule has 0 unspecified atom stereocenters. The summed E-state index contributed by atoms with van der Waals surface area (Å²) in [7, 11) is 0. The van der Waals surface area contributed by atoms with E-state index in [1.807, 2.05) is 23.1 Å². The summed E-state index contributed by atoms with van der Waals surface area (Å²) in [6.45, 7) is 0.625. The van der Waals surface area contributed by atoms with Crippen LogP contribution < -0.4 is 10.0 Å². The molecule has 0 aliphatic carbocycles. The molecule has 0 radical (unpaired) electrons. The SMILES string of the molecule is O=C([O-])Cn1cc(-c2ccccc2Cl)c2c(N3CC(O)C3)ncnc21. The summed E-state index contributed by atoms with van der Waals surface area (Å²) in [5.74, 6) is -0.551. The number of carboxylic acid groups (broad SMARTS) is 1. The predicted octanol–water partition coefficient (Wildman–Crippen LogP) is 0.682. The Morgan fingerprint density at radius 2 is 2.04 bits per heavy atom. The van der Waals surface area contributed by atoms with Gasteiger partial charge in [-0.05, 0) is 6.07 Å². The van der Waals surface area contributed by atoms with Gasteiger partial charge in [-0.25, -0.2) is 9.97 Å². The molecule has 1 aliphatic heterocycles. The fourth-order valence-corrected chi connectivity index (χ4v) is 3.36. The fourth-order valence-electron chi connectivity index (χ4n) is 3.12. The molecule has 25 heavy (non-hydrogen) atoms. The average Bonchev–Trinajstić information content (AvgIpc) is 2.90. The van der Waals surface area contributed by atoms with Crippen LogP contribution >= 0.6 is 11.6 Å². The monoisotopic (exact) mass is 357 g/mol. The van der Waals surface area contributed by atoms with Crippen LogP contribution in [0, 0.1) is 0 Å². The number of aliphatic hydroxyl groups is 1. The van der Waals surface area contributed by atoms with E-state index in [0.29, 0.717) is 35.0 Å². The van der Waals surface area contributed by atoms with Crippen molar-refractivity contribution in [3.63, 3.8) is 0 Å². The van der Waals surface area contributed by atoms with Gasteiger partial charge < -0.3 is 24.5 Å². The van der Waals surface area contributed by atoms with Crippen molar-refractivity contribution in [2.75, 3.05) is 18.0 Å². The van der Waals surface area contributed by atoms with E-state index < -0.39 is 5.97 Å². The maximum atomic E-state index is 11.1. The summed E-state index contributed by atoms with van der Waals surface area (Å²) in [6.07, 6.45) is 2.71. The van der Waals surface area contributed by atoms with Crippen molar-refractivity contribution in [1.29, 1.82) is 0 Å². The van der Waals surface area contributed by atoms with Crippen molar-refractivity contribution in [2.45, 2.75) is 12.6 Å². The molecule has 0 amide bonds. The second kappa shape index (κ2) is 6.02. The molecule has 7 nitrogen and oxygen atoms in total. The van der Waals surface area contributed by atoms with Crippen LogP contribution in [-0.2, 0) is 11.3 Å².